The van der Waals surface area contributed by atoms with E-state index in [1.54, 1.807) is 0 Å². The zero-order valence-corrected chi connectivity index (χ0v) is 13.2. The second-order valence-electron chi connectivity index (χ2n) is 5.20. The summed E-state index contributed by atoms with van der Waals surface area (Å²) >= 11 is 3.56. The molecule has 0 aliphatic carbocycles. The molecular weight excluding hydrogens is 306 g/mol. The third-order valence-electron chi connectivity index (χ3n) is 3.08. The van der Waals surface area contributed by atoms with Gasteiger partial charge in [-0.1, -0.05) is 6.07 Å². The highest BCUT2D eigenvalue weighted by Gasteiger charge is 2.14. The number of benzene rings is 1. The molecule has 1 aromatic rings. The number of hydrogen-bond donors (Lipinski definition) is 1. The molecule has 1 N–H and O–H groups in total. The standard InChI is InChI=1S/C15H22BrNO2/c1-11(2)19-15-6-5-12(8-14(15)16)9-17-10-13-4-3-7-18-13/h5-6,8,11,13,17H,3-4,7,9-10H2,1-2H3/t13-/m0/s1. The van der Waals surface area contributed by atoms with E-state index in [0.717, 1.165) is 29.9 Å². The van der Waals surface area contributed by atoms with Crippen LogP contribution in [0.4, 0.5) is 0 Å². The van der Waals surface area contributed by atoms with Gasteiger partial charge in [0.25, 0.3) is 0 Å². The Bertz CT molecular complexity index is 403. The van der Waals surface area contributed by atoms with Gasteiger partial charge in [-0.25, -0.2) is 0 Å². The molecule has 1 fully saturated rings. The van der Waals surface area contributed by atoms with Crippen molar-refractivity contribution in [1.29, 1.82) is 0 Å². The Morgan fingerprint density at radius 3 is 2.95 bits per heavy atom. The lowest BCUT2D eigenvalue weighted by Crippen LogP contribution is -2.25. The normalized spacial score (nSPS) is 19.1. The Morgan fingerprint density at radius 1 is 1.47 bits per heavy atom. The Morgan fingerprint density at radius 2 is 2.32 bits per heavy atom. The summed E-state index contributed by atoms with van der Waals surface area (Å²) in [5, 5.41) is 3.44. The predicted molar refractivity (Wildman–Crippen MR) is 80.6 cm³/mol. The van der Waals surface area contributed by atoms with Crippen LogP contribution in [0, 0.1) is 0 Å². The van der Waals surface area contributed by atoms with E-state index in [0.29, 0.717) is 6.10 Å². The molecule has 1 aliphatic rings. The maximum absolute atomic E-state index is 5.70. The summed E-state index contributed by atoms with van der Waals surface area (Å²) in [7, 11) is 0. The van der Waals surface area contributed by atoms with Gasteiger partial charge in [-0.05, 0) is 60.3 Å². The van der Waals surface area contributed by atoms with E-state index in [4.69, 9.17) is 9.47 Å². The van der Waals surface area contributed by atoms with Crippen LogP contribution in [0.1, 0.15) is 32.3 Å². The molecule has 2 rings (SSSR count). The van der Waals surface area contributed by atoms with Crippen molar-refractivity contribution in [3.63, 3.8) is 0 Å². The van der Waals surface area contributed by atoms with E-state index in [1.165, 1.54) is 18.4 Å². The number of halogens is 1. The first kappa shape index (κ1) is 14.8. The Hall–Kier alpha value is -0.580. The molecule has 0 spiro atoms. The van der Waals surface area contributed by atoms with Crippen LogP contribution in [0.3, 0.4) is 0 Å². The first-order valence-electron chi connectivity index (χ1n) is 6.92. The van der Waals surface area contributed by atoms with Gasteiger partial charge in [0.15, 0.2) is 0 Å². The topological polar surface area (TPSA) is 30.5 Å². The van der Waals surface area contributed by atoms with Gasteiger partial charge in [-0.2, -0.15) is 0 Å². The van der Waals surface area contributed by atoms with Crippen LogP contribution in [0.25, 0.3) is 0 Å². The Kier molecular flexibility index (Phi) is 5.67. The van der Waals surface area contributed by atoms with Gasteiger partial charge in [-0.3, -0.25) is 0 Å². The summed E-state index contributed by atoms with van der Waals surface area (Å²) < 4.78 is 12.3. The smallest absolute Gasteiger partial charge is 0.133 e. The average molecular weight is 328 g/mol. The zero-order valence-electron chi connectivity index (χ0n) is 11.6. The van der Waals surface area contributed by atoms with E-state index in [-0.39, 0.29) is 6.10 Å². The molecule has 106 valence electrons. The van der Waals surface area contributed by atoms with Gasteiger partial charge in [-0.15, -0.1) is 0 Å². The molecule has 0 saturated carbocycles. The molecule has 19 heavy (non-hydrogen) atoms. The molecule has 0 radical (unpaired) electrons. The summed E-state index contributed by atoms with van der Waals surface area (Å²) in [5.41, 5.74) is 1.25. The summed E-state index contributed by atoms with van der Waals surface area (Å²) in [4.78, 5) is 0. The van der Waals surface area contributed by atoms with Crippen LogP contribution < -0.4 is 10.1 Å². The summed E-state index contributed by atoms with van der Waals surface area (Å²) in [6.07, 6.45) is 2.96. The highest BCUT2D eigenvalue weighted by atomic mass is 79.9. The van der Waals surface area contributed by atoms with Crippen molar-refractivity contribution in [2.75, 3.05) is 13.2 Å². The predicted octanol–water partition coefficient (Wildman–Crippen LogP) is 3.50. The van der Waals surface area contributed by atoms with Gasteiger partial charge in [0, 0.05) is 19.7 Å². The molecule has 1 atom stereocenters. The Labute approximate surface area is 123 Å². The van der Waals surface area contributed by atoms with Gasteiger partial charge < -0.3 is 14.8 Å². The van der Waals surface area contributed by atoms with E-state index in [2.05, 4.69) is 33.4 Å². The van der Waals surface area contributed by atoms with E-state index in [9.17, 15) is 0 Å². The first-order chi connectivity index (χ1) is 9.15. The number of ether oxygens (including phenoxy) is 2. The third kappa shape index (κ3) is 4.79. The average Bonchev–Trinajstić information content (AvgIpc) is 2.85. The number of nitrogens with one attached hydrogen (secondary N) is 1. The highest BCUT2D eigenvalue weighted by molar-refractivity contribution is 9.10. The van der Waals surface area contributed by atoms with Crippen LogP contribution in [0.5, 0.6) is 5.75 Å². The van der Waals surface area contributed by atoms with Crippen LogP contribution in [-0.2, 0) is 11.3 Å². The molecule has 1 aromatic carbocycles. The molecule has 1 aliphatic heterocycles. The third-order valence-corrected chi connectivity index (χ3v) is 3.70. The van der Waals surface area contributed by atoms with E-state index in [1.807, 2.05) is 19.9 Å². The Balaban J connectivity index is 1.81. The van der Waals surface area contributed by atoms with Crippen molar-refractivity contribution in [1.82, 2.24) is 5.32 Å². The van der Waals surface area contributed by atoms with Crippen molar-refractivity contribution in [3.8, 4) is 5.75 Å². The minimum atomic E-state index is 0.194. The highest BCUT2D eigenvalue weighted by Crippen LogP contribution is 2.26. The van der Waals surface area contributed by atoms with Crippen molar-refractivity contribution < 1.29 is 9.47 Å². The minimum absolute atomic E-state index is 0.194. The molecule has 0 bridgehead atoms. The SMILES string of the molecule is CC(C)Oc1ccc(CNC[C@@H]2CCCO2)cc1Br. The molecule has 0 amide bonds. The van der Waals surface area contributed by atoms with Crippen LogP contribution in [-0.4, -0.2) is 25.4 Å². The van der Waals surface area contributed by atoms with Crippen molar-refractivity contribution in [2.24, 2.45) is 0 Å². The van der Waals surface area contributed by atoms with Crippen molar-refractivity contribution in [3.05, 3.63) is 28.2 Å². The molecule has 0 unspecified atom stereocenters. The van der Waals surface area contributed by atoms with Gasteiger partial charge in [0.1, 0.15) is 5.75 Å². The molecule has 4 heteroatoms. The summed E-state index contributed by atoms with van der Waals surface area (Å²) in [6.45, 7) is 6.77. The van der Waals surface area contributed by atoms with E-state index >= 15 is 0 Å². The summed E-state index contributed by atoms with van der Waals surface area (Å²) in [5.74, 6) is 0.901. The largest absolute Gasteiger partial charge is 0.490 e. The second kappa shape index (κ2) is 7.27. The number of rotatable bonds is 6. The summed E-state index contributed by atoms with van der Waals surface area (Å²) in [6, 6.07) is 6.23. The fraction of sp³-hybridized carbons (Fsp3) is 0.600. The lowest BCUT2D eigenvalue weighted by Gasteiger charge is -2.14. The van der Waals surface area contributed by atoms with Crippen LogP contribution in [0.15, 0.2) is 22.7 Å². The molecule has 1 saturated heterocycles. The van der Waals surface area contributed by atoms with Crippen LogP contribution >= 0.6 is 15.9 Å². The van der Waals surface area contributed by atoms with Crippen molar-refractivity contribution in [2.45, 2.75) is 45.4 Å². The minimum Gasteiger partial charge on any atom is -0.490 e. The lowest BCUT2D eigenvalue weighted by atomic mass is 10.2. The maximum Gasteiger partial charge on any atom is 0.133 e. The number of hydrogen-bond acceptors (Lipinski definition) is 3. The zero-order chi connectivity index (χ0) is 13.7. The monoisotopic (exact) mass is 327 g/mol. The van der Waals surface area contributed by atoms with E-state index < -0.39 is 0 Å². The lowest BCUT2D eigenvalue weighted by molar-refractivity contribution is 0.110. The fourth-order valence-electron chi connectivity index (χ4n) is 2.19. The second-order valence-corrected chi connectivity index (χ2v) is 6.05. The van der Waals surface area contributed by atoms with Gasteiger partial charge >= 0.3 is 0 Å². The molecule has 0 aromatic heterocycles. The van der Waals surface area contributed by atoms with Crippen molar-refractivity contribution >= 4 is 15.9 Å². The van der Waals surface area contributed by atoms with Crippen LogP contribution in [0.2, 0.25) is 0 Å². The maximum atomic E-state index is 5.70. The van der Waals surface area contributed by atoms with Gasteiger partial charge in [0.05, 0.1) is 16.7 Å². The molecule has 3 nitrogen and oxygen atoms in total. The molecular formula is C15H22BrNO2. The quantitative estimate of drug-likeness (QED) is 0.867. The first-order valence-corrected chi connectivity index (χ1v) is 7.72. The van der Waals surface area contributed by atoms with Gasteiger partial charge in [0.2, 0.25) is 0 Å². The fourth-order valence-corrected chi connectivity index (χ4v) is 2.71. The molecule has 1 heterocycles.